The van der Waals surface area contributed by atoms with Crippen molar-refractivity contribution in [3.8, 4) is 0 Å². The summed E-state index contributed by atoms with van der Waals surface area (Å²) in [4.78, 5) is 13.9. The molecule has 6 nitrogen and oxygen atoms in total. The normalized spacial score (nSPS) is 17.0. The molecule has 10 heteroatoms. The minimum atomic E-state index is -3.78. The Morgan fingerprint density at radius 3 is 2.20 bits per heavy atom. The van der Waals surface area contributed by atoms with Gasteiger partial charge in [-0.15, -0.1) is 12.4 Å². The van der Waals surface area contributed by atoms with Crippen LogP contribution in [0.1, 0.15) is 6.92 Å². The second-order valence-corrected chi connectivity index (χ2v) is 8.43. The molecule has 1 saturated heterocycles. The topological polar surface area (TPSA) is 69.7 Å². The lowest BCUT2D eigenvalue weighted by Crippen LogP contribution is -2.52. The zero-order valence-electron chi connectivity index (χ0n) is 14.0. The van der Waals surface area contributed by atoms with Crippen LogP contribution in [-0.2, 0) is 14.8 Å². The van der Waals surface area contributed by atoms with Crippen LogP contribution in [0.5, 0.6) is 0 Å². The maximum atomic E-state index is 12.8. The zero-order chi connectivity index (χ0) is 17.9. The first-order valence-corrected chi connectivity index (χ1v) is 9.86. The lowest BCUT2D eigenvalue weighted by Gasteiger charge is -2.35. The van der Waals surface area contributed by atoms with Crippen molar-refractivity contribution in [2.75, 3.05) is 39.8 Å². The van der Waals surface area contributed by atoms with Gasteiger partial charge in [0.05, 0.1) is 10.0 Å². The molecule has 0 bridgehead atoms. The number of carbonyl (C=O) groups is 1. The van der Waals surface area contributed by atoms with Gasteiger partial charge in [0.25, 0.3) is 0 Å². The Morgan fingerprint density at radius 2 is 1.72 bits per heavy atom. The molecular weight excluding hydrogens is 409 g/mol. The van der Waals surface area contributed by atoms with Crippen molar-refractivity contribution in [3.05, 3.63) is 28.2 Å². The zero-order valence-corrected chi connectivity index (χ0v) is 17.2. The summed E-state index contributed by atoms with van der Waals surface area (Å²) in [5.74, 6) is -0.117. The van der Waals surface area contributed by atoms with Crippen LogP contribution in [0.3, 0.4) is 0 Å². The molecule has 0 aliphatic carbocycles. The molecule has 1 N–H and O–H groups in total. The second-order valence-electron chi connectivity index (χ2n) is 5.74. The van der Waals surface area contributed by atoms with E-state index in [1.807, 2.05) is 6.92 Å². The minimum absolute atomic E-state index is 0. The Morgan fingerprint density at radius 1 is 1.20 bits per heavy atom. The van der Waals surface area contributed by atoms with E-state index in [9.17, 15) is 13.2 Å². The molecule has 1 amide bonds. The standard InChI is InChI=1S/C15H21Cl2N3O3S.ClH/c1-11(10-18-2)15(21)19-6-8-20(9-7-19)24(22,23)14-12(16)4-3-5-13(14)17;/h3-5,11,18H,6-10H2,1-2H3;1H. The number of hydrogen-bond donors (Lipinski definition) is 1. The summed E-state index contributed by atoms with van der Waals surface area (Å²) in [5.41, 5.74) is 0. The van der Waals surface area contributed by atoms with E-state index in [1.54, 1.807) is 18.0 Å². The summed E-state index contributed by atoms with van der Waals surface area (Å²) in [6, 6.07) is 4.60. The first-order valence-electron chi connectivity index (χ1n) is 7.66. The molecule has 25 heavy (non-hydrogen) atoms. The number of halogens is 3. The van der Waals surface area contributed by atoms with Gasteiger partial charge in [-0.2, -0.15) is 4.31 Å². The number of piperazine rings is 1. The minimum Gasteiger partial charge on any atom is -0.340 e. The highest BCUT2D eigenvalue weighted by Gasteiger charge is 2.33. The maximum absolute atomic E-state index is 12.8. The summed E-state index contributed by atoms with van der Waals surface area (Å²) in [7, 11) is -1.99. The Hall–Kier alpha value is -0.570. The van der Waals surface area contributed by atoms with Crippen LogP contribution in [0.2, 0.25) is 10.0 Å². The van der Waals surface area contributed by atoms with E-state index in [0.29, 0.717) is 19.6 Å². The number of rotatable bonds is 5. The number of sulfonamides is 1. The number of benzene rings is 1. The van der Waals surface area contributed by atoms with Crippen molar-refractivity contribution in [3.63, 3.8) is 0 Å². The molecule has 1 unspecified atom stereocenters. The van der Waals surface area contributed by atoms with Gasteiger partial charge in [0.15, 0.2) is 0 Å². The molecular formula is C15H22Cl3N3O3S. The van der Waals surface area contributed by atoms with E-state index in [4.69, 9.17) is 23.2 Å². The number of carbonyl (C=O) groups excluding carboxylic acids is 1. The fraction of sp³-hybridized carbons (Fsp3) is 0.533. The highest BCUT2D eigenvalue weighted by molar-refractivity contribution is 7.89. The summed E-state index contributed by atoms with van der Waals surface area (Å²) in [6.45, 7) is 3.60. The van der Waals surface area contributed by atoms with Crippen LogP contribution in [0.15, 0.2) is 23.1 Å². The van der Waals surface area contributed by atoms with Crippen LogP contribution < -0.4 is 5.32 Å². The van der Waals surface area contributed by atoms with Gasteiger partial charge in [0.2, 0.25) is 15.9 Å². The van der Waals surface area contributed by atoms with Crippen molar-refractivity contribution in [1.29, 1.82) is 0 Å². The van der Waals surface area contributed by atoms with Crippen molar-refractivity contribution < 1.29 is 13.2 Å². The van der Waals surface area contributed by atoms with Crippen molar-refractivity contribution in [1.82, 2.24) is 14.5 Å². The van der Waals surface area contributed by atoms with Gasteiger partial charge in [0, 0.05) is 38.6 Å². The Bertz CT molecular complexity index is 687. The van der Waals surface area contributed by atoms with Gasteiger partial charge in [-0.25, -0.2) is 8.42 Å². The second kappa shape index (κ2) is 9.39. The van der Waals surface area contributed by atoms with Gasteiger partial charge in [-0.1, -0.05) is 36.2 Å². The number of nitrogens with one attached hydrogen (secondary N) is 1. The molecule has 1 aromatic carbocycles. The number of hydrogen-bond acceptors (Lipinski definition) is 4. The van der Waals surface area contributed by atoms with Gasteiger partial charge in [-0.05, 0) is 19.2 Å². The molecule has 1 heterocycles. The Kier molecular flexibility index (Phi) is 8.44. The molecule has 1 aromatic rings. The summed E-state index contributed by atoms with van der Waals surface area (Å²) in [5, 5.41) is 3.17. The third-order valence-electron chi connectivity index (χ3n) is 4.00. The summed E-state index contributed by atoms with van der Waals surface area (Å²) >= 11 is 12.1. The average Bonchev–Trinajstić information content (AvgIpc) is 2.54. The van der Waals surface area contributed by atoms with E-state index < -0.39 is 10.0 Å². The Labute approximate surface area is 164 Å². The van der Waals surface area contributed by atoms with Crippen molar-refractivity contribution in [2.45, 2.75) is 11.8 Å². The van der Waals surface area contributed by atoms with Gasteiger partial charge in [0.1, 0.15) is 4.90 Å². The van der Waals surface area contributed by atoms with Gasteiger partial charge >= 0.3 is 0 Å². The monoisotopic (exact) mass is 429 g/mol. The molecule has 0 spiro atoms. The molecule has 1 atom stereocenters. The molecule has 1 aliphatic rings. The highest BCUT2D eigenvalue weighted by Crippen LogP contribution is 2.31. The van der Waals surface area contributed by atoms with Crippen LogP contribution in [-0.4, -0.2) is 63.3 Å². The van der Waals surface area contributed by atoms with Gasteiger partial charge < -0.3 is 10.2 Å². The average molecular weight is 431 g/mol. The fourth-order valence-corrected chi connectivity index (χ4v) is 5.23. The predicted molar refractivity (Wildman–Crippen MR) is 102 cm³/mol. The van der Waals surface area contributed by atoms with Crippen LogP contribution >= 0.6 is 35.6 Å². The van der Waals surface area contributed by atoms with E-state index >= 15 is 0 Å². The lowest BCUT2D eigenvalue weighted by atomic mass is 10.1. The van der Waals surface area contributed by atoms with Crippen LogP contribution in [0.25, 0.3) is 0 Å². The Balaban J connectivity index is 0.00000312. The smallest absolute Gasteiger partial charge is 0.246 e. The van der Waals surface area contributed by atoms with Crippen molar-refractivity contribution in [2.24, 2.45) is 5.92 Å². The molecule has 0 saturated carbocycles. The largest absolute Gasteiger partial charge is 0.340 e. The summed E-state index contributed by atoms with van der Waals surface area (Å²) < 4.78 is 26.9. The van der Waals surface area contributed by atoms with Crippen LogP contribution in [0.4, 0.5) is 0 Å². The highest BCUT2D eigenvalue weighted by atomic mass is 35.5. The third-order valence-corrected chi connectivity index (χ3v) is 6.85. The molecule has 0 aromatic heterocycles. The molecule has 1 aliphatic heterocycles. The quantitative estimate of drug-likeness (QED) is 0.777. The summed E-state index contributed by atoms with van der Waals surface area (Å²) in [6.07, 6.45) is 0. The molecule has 2 rings (SSSR count). The SMILES string of the molecule is CNCC(C)C(=O)N1CCN(S(=O)(=O)c2c(Cl)cccc2Cl)CC1.Cl. The maximum Gasteiger partial charge on any atom is 0.246 e. The third kappa shape index (κ3) is 4.99. The number of amides is 1. The predicted octanol–water partition coefficient (Wildman–Crippen LogP) is 2.10. The first-order chi connectivity index (χ1) is 11.3. The van der Waals surface area contributed by atoms with E-state index in [1.165, 1.54) is 16.4 Å². The lowest BCUT2D eigenvalue weighted by molar-refractivity contribution is -0.136. The van der Waals surface area contributed by atoms with Gasteiger partial charge in [-0.3, -0.25) is 4.79 Å². The van der Waals surface area contributed by atoms with Crippen LogP contribution in [0, 0.1) is 5.92 Å². The van der Waals surface area contributed by atoms with E-state index in [0.717, 1.165) is 0 Å². The van der Waals surface area contributed by atoms with E-state index in [-0.39, 0.29) is 52.3 Å². The molecule has 1 fully saturated rings. The first kappa shape index (κ1) is 22.5. The number of nitrogens with zero attached hydrogens (tertiary/aromatic N) is 2. The molecule has 142 valence electrons. The molecule has 0 radical (unpaired) electrons. The van der Waals surface area contributed by atoms with E-state index in [2.05, 4.69) is 5.32 Å². The van der Waals surface area contributed by atoms with Crippen molar-refractivity contribution >= 4 is 51.5 Å². The fourth-order valence-electron chi connectivity index (χ4n) is 2.71.